The number of unbranched alkanes of at least 4 members (excludes halogenated alkanes) is 3. The third-order valence-electron chi connectivity index (χ3n) is 3.18. The Morgan fingerprint density at radius 3 is 2.53 bits per heavy atom. The molecule has 0 aromatic rings. The molecule has 0 aliphatic heterocycles. The molecule has 1 aliphatic rings. The Bertz CT molecular complexity index is 261. The number of ketones is 1. The average molecular weight is 241 g/mol. The molecule has 0 heterocycles. The van der Waals surface area contributed by atoms with Crippen molar-refractivity contribution in [1.82, 2.24) is 5.32 Å². The lowest BCUT2D eigenvalue weighted by Gasteiger charge is -2.16. The molecule has 0 bridgehead atoms. The normalized spacial score (nSPS) is 16.4. The Balaban J connectivity index is 2.30. The van der Waals surface area contributed by atoms with Crippen molar-refractivity contribution in [2.75, 3.05) is 7.11 Å². The molecule has 0 aromatic carbocycles. The lowest BCUT2D eigenvalue weighted by atomic mass is 10.0. The van der Waals surface area contributed by atoms with Crippen LogP contribution in [0.2, 0.25) is 0 Å². The number of alkyl carbamates (subject to hydrolysis) is 1. The third-order valence-corrected chi connectivity index (χ3v) is 3.18. The molecule has 1 atom stereocenters. The Labute approximate surface area is 103 Å². The van der Waals surface area contributed by atoms with Crippen LogP contribution in [-0.2, 0) is 9.53 Å². The van der Waals surface area contributed by atoms with E-state index in [0.29, 0.717) is 12.3 Å². The van der Waals surface area contributed by atoms with Gasteiger partial charge in [-0.15, -0.1) is 0 Å². The molecule has 1 saturated carbocycles. The number of amides is 1. The number of rotatable bonds is 8. The van der Waals surface area contributed by atoms with Crippen LogP contribution >= 0.6 is 0 Å². The lowest BCUT2D eigenvalue weighted by Crippen LogP contribution is -2.42. The van der Waals surface area contributed by atoms with Crippen molar-refractivity contribution in [3.05, 3.63) is 0 Å². The van der Waals surface area contributed by atoms with Crippen LogP contribution in [0.4, 0.5) is 4.79 Å². The number of hydrogen-bond donors (Lipinski definition) is 1. The van der Waals surface area contributed by atoms with E-state index in [1.165, 1.54) is 20.0 Å². The maximum absolute atomic E-state index is 12.0. The van der Waals surface area contributed by atoms with Crippen molar-refractivity contribution in [2.24, 2.45) is 5.92 Å². The van der Waals surface area contributed by atoms with E-state index < -0.39 is 6.09 Å². The average Bonchev–Trinajstić information content (AvgIpc) is 3.15. The van der Waals surface area contributed by atoms with Crippen LogP contribution in [0.1, 0.15) is 51.9 Å². The van der Waals surface area contributed by atoms with Gasteiger partial charge in [0.15, 0.2) is 5.78 Å². The maximum Gasteiger partial charge on any atom is 0.407 e. The molecule has 0 unspecified atom stereocenters. The molecule has 1 aliphatic carbocycles. The number of hydrogen-bond acceptors (Lipinski definition) is 3. The van der Waals surface area contributed by atoms with Crippen LogP contribution in [0.5, 0.6) is 0 Å². The van der Waals surface area contributed by atoms with Gasteiger partial charge in [-0.3, -0.25) is 4.79 Å². The highest BCUT2D eigenvalue weighted by Gasteiger charge is 2.36. The first kappa shape index (κ1) is 14.0. The topological polar surface area (TPSA) is 55.4 Å². The van der Waals surface area contributed by atoms with Crippen LogP contribution in [0.15, 0.2) is 0 Å². The van der Waals surface area contributed by atoms with E-state index in [-0.39, 0.29) is 11.8 Å². The number of methoxy groups -OCH3 is 1. The van der Waals surface area contributed by atoms with Gasteiger partial charge in [0, 0.05) is 6.42 Å². The van der Waals surface area contributed by atoms with Gasteiger partial charge in [-0.25, -0.2) is 4.79 Å². The molecule has 17 heavy (non-hydrogen) atoms. The van der Waals surface area contributed by atoms with E-state index in [1.54, 1.807) is 0 Å². The monoisotopic (exact) mass is 241 g/mol. The number of ether oxygens (including phenoxy) is 1. The molecule has 0 spiro atoms. The fourth-order valence-corrected chi connectivity index (χ4v) is 1.96. The van der Waals surface area contributed by atoms with Gasteiger partial charge in [-0.2, -0.15) is 0 Å². The SMILES string of the molecule is CCCCCCC(=O)[C@H](NC(=O)OC)C1CC1. The standard InChI is InChI=1S/C13H23NO3/c1-3-4-5-6-7-11(15)12(10-8-9-10)14-13(16)17-2/h10,12H,3-9H2,1-2H3,(H,14,16)/t12-/m1/s1. The summed E-state index contributed by atoms with van der Waals surface area (Å²) in [6, 6.07) is -0.316. The Kier molecular flexibility index (Phi) is 6.01. The minimum absolute atomic E-state index is 0.161. The largest absolute Gasteiger partial charge is 0.453 e. The molecular formula is C13H23NO3. The van der Waals surface area contributed by atoms with E-state index in [9.17, 15) is 9.59 Å². The second-order valence-electron chi connectivity index (χ2n) is 4.73. The minimum Gasteiger partial charge on any atom is -0.453 e. The second-order valence-corrected chi connectivity index (χ2v) is 4.73. The van der Waals surface area contributed by atoms with Crippen molar-refractivity contribution in [2.45, 2.75) is 57.9 Å². The highest BCUT2D eigenvalue weighted by atomic mass is 16.5. The quantitative estimate of drug-likeness (QED) is 0.665. The fraction of sp³-hybridized carbons (Fsp3) is 0.846. The molecule has 0 aromatic heterocycles. The summed E-state index contributed by atoms with van der Waals surface area (Å²) in [4.78, 5) is 23.1. The smallest absolute Gasteiger partial charge is 0.407 e. The molecule has 4 heteroatoms. The van der Waals surface area contributed by atoms with Gasteiger partial charge < -0.3 is 10.1 Å². The fourth-order valence-electron chi connectivity index (χ4n) is 1.96. The first-order chi connectivity index (χ1) is 8.19. The first-order valence-corrected chi connectivity index (χ1v) is 6.56. The summed E-state index contributed by atoms with van der Waals surface area (Å²) in [5.41, 5.74) is 0. The lowest BCUT2D eigenvalue weighted by molar-refractivity contribution is -0.121. The van der Waals surface area contributed by atoms with Crippen LogP contribution in [0.25, 0.3) is 0 Å². The zero-order valence-electron chi connectivity index (χ0n) is 10.8. The number of carbonyl (C=O) groups excluding carboxylic acids is 2. The number of nitrogens with one attached hydrogen (secondary N) is 1. The van der Waals surface area contributed by atoms with Gasteiger partial charge in [0.05, 0.1) is 13.2 Å². The van der Waals surface area contributed by atoms with E-state index in [2.05, 4.69) is 17.0 Å². The first-order valence-electron chi connectivity index (χ1n) is 6.56. The summed E-state index contributed by atoms with van der Waals surface area (Å²) in [5.74, 6) is 0.502. The van der Waals surface area contributed by atoms with E-state index in [1.807, 2.05) is 0 Å². The zero-order valence-corrected chi connectivity index (χ0v) is 10.8. The summed E-state index contributed by atoms with van der Waals surface area (Å²) < 4.78 is 4.55. The summed E-state index contributed by atoms with van der Waals surface area (Å²) in [6.45, 7) is 2.15. The third kappa shape index (κ3) is 5.20. The van der Waals surface area contributed by atoms with Gasteiger partial charge in [-0.05, 0) is 25.2 Å². The Morgan fingerprint density at radius 2 is 2.00 bits per heavy atom. The number of carbonyl (C=O) groups is 2. The molecule has 4 nitrogen and oxygen atoms in total. The van der Waals surface area contributed by atoms with E-state index >= 15 is 0 Å². The molecule has 1 N–H and O–H groups in total. The van der Waals surface area contributed by atoms with Gasteiger partial charge in [0.1, 0.15) is 0 Å². The predicted molar refractivity (Wildman–Crippen MR) is 65.8 cm³/mol. The summed E-state index contributed by atoms with van der Waals surface area (Å²) >= 11 is 0. The maximum atomic E-state index is 12.0. The molecule has 1 rings (SSSR count). The molecule has 1 amide bonds. The van der Waals surface area contributed by atoms with Crippen LogP contribution in [0, 0.1) is 5.92 Å². The van der Waals surface area contributed by atoms with Gasteiger partial charge in [-0.1, -0.05) is 26.2 Å². The van der Waals surface area contributed by atoms with Crippen molar-refractivity contribution in [3.63, 3.8) is 0 Å². The van der Waals surface area contributed by atoms with Crippen LogP contribution < -0.4 is 5.32 Å². The Hall–Kier alpha value is -1.06. The predicted octanol–water partition coefficient (Wildman–Crippen LogP) is 2.66. The van der Waals surface area contributed by atoms with E-state index in [4.69, 9.17) is 0 Å². The number of Topliss-reactive ketones (excluding diaryl/α,β-unsaturated/α-hetero) is 1. The van der Waals surface area contributed by atoms with Gasteiger partial charge in [0.2, 0.25) is 0 Å². The molecular weight excluding hydrogens is 218 g/mol. The van der Waals surface area contributed by atoms with Crippen molar-refractivity contribution < 1.29 is 14.3 Å². The minimum atomic E-state index is -0.496. The van der Waals surface area contributed by atoms with Crippen molar-refractivity contribution in [3.8, 4) is 0 Å². The van der Waals surface area contributed by atoms with Crippen LogP contribution in [0.3, 0.4) is 0 Å². The van der Waals surface area contributed by atoms with Gasteiger partial charge >= 0.3 is 6.09 Å². The molecule has 1 fully saturated rings. The van der Waals surface area contributed by atoms with Crippen molar-refractivity contribution >= 4 is 11.9 Å². The summed E-state index contributed by atoms with van der Waals surface area (Å²) in [5, 5.41) is 2.66. The molecule has 98 valence electrons. The zero-order chi connectivity index (χ0) is 12.7. The summed E-state index contributed by atoms with van der Waals surface area (Å²) in [6.07, 6.45) is 6.52. The van der Waals surface area contributed by atoms with E-state index in [0.717, 1.165) is 25.7 Å². The second kappa shape index (κ2) is 7.30. The molecule has 0 saturated heterocycles. The molecule has 0 radical (unpaired) electrons. The highest BCUT2D eigenvalue weighted by molar-refractivity contribution is 5.88. The van der Waals surface area contributed by atoms with Gasteiger partial charge in [0.25, 0.3) is 0 Å². The summed E-state index contributed by atoms with van der Waals surface area (Å²) in [7, 11) is 1.32. The van der Waals surface area contributed by atoms with Crippen LogP contribution in [-0.4, -0.2) is 25.0 Å². The van der Waals surface area contributed by atoms with Crippen molar-refractivity contribution in [1.29, 1.82) is 0 Å². The Morgan fingerprint density at radius 1 is 1.29 bits per heavy atom. The highest BCUT2D eigenvalue weighted by Crippen LogP contribution is 2.33.